The fraction of sp³-hybridized carbons (Fsp3) is 0.455. The topological polar surface area (TPSA) is 39.9 Å². The molecule has 0 aliphatic carbocycles. The van der Waals surface area contributed by atoms with Gasteiger partial charge in [-0.1, -0.05) is 0 Å². The number of hydrogen-bond donors (Lipinski definition) is 0. The van der Waals surface area contributed by atoms with Crippen LogP contribution in [0, 0.1) is 11.3 Å². The third kappa shape index (κ3) is 2.02. The van der Waals surface area contributed by atoms with E-state index < -0.39 is 0 Å². The number of hydrogen-bond acceptors (Lipinski definition) is 3. The lowest BCUT2D eigenvalue weighted by molar-refractivity contribution is 0.701. The van der Waals surface area contributed by atoms with Crippen LogP contribution in [-0.2, 0) is 0 Å². The van der Waals surface area contributed by atoms with Crippen molar-refractivity contribution in [2.24, 2.45) is 0 Å². The third-order valence-corrected chi connectivity index (χ3v) is 2.17. The van der Waals surface area contributed by atoms with Crippen LogP contribution in [-0.4, -0.2) is 17.6 Å². The molecule has 0 aliphatic rings. The monoisotopic (exact) mass is 189 g/mol. The minimum Gasteiger partial charge on any atom is -0.367 e. The summed E-state index contributed by atoms with van der Waals surface area (Å²) in [7, 11) is 0. The SMILES string of the molecule is CCN(c1cccnc1C#N)C(C)C. The Bertz CT molecular complexity index is 339. The summed E-state index contributed by atoms with van der Waals surface area (Å²) in [5.41, 5.74) is 1.43. The van der Waals surface area contributed by atoms with E-state index in [0.29, 0.717) is 11.7 Å². The van der Waals surface area contributed by atoms with Crippen molar-refractivity contribution in [1.82, 2.24) is 4.98 Å². The van der Waals surface area contributed by atoms with Crippen LogP contribution in [0.3, 0.4) is 0 Å². The summed E-state index contributed by atoms with van der Waals surface area (Å²) in [6, 6.07) is 6.30. The van der Waals surface area contributed by atoms with Gasteiger partial charge in [-0.05, 0) is 32.9 Å². The summed E-state index contributed by atoms with van der Waals surface area (Å²) >= 11 is 0. The van der Waals surface area contributed by atoms with Crippen LogP contribution in [0.25, 0.3) is 0 Å². The fourth-order valence-electron chi connectivity index (χ4n) is 1.53. The summed E-state index contributed by atoms with van der Waals surface area (Å²) in [6.07, 6.45) is 1.65. The molecule has 0 atom stereocenters. The Kier molecular flexibility index (Phi) is 3.47. The van der Waals surface area contributed by atoms with Gasteiger partial charge in [0.25, 0.3) is 0 Å². The van der Waals surface area contributed by atoms with Gasteiger partial charge in [-0.25, -0.2) is 4.98 Å². The van der Waals surface area contributed by atoms with E-state index in [1.807, 2.05) is 12.1 Å². The van der Waals surface area contributed by atoms with E-state index in [0.717, 1.165) is 12.2 Å². The van der Waals surface area contributed by atoms with Crippen molar-refractivity contribution in [3.8, 4) is 6.07 Å². The first-order valence-electron chi connectivity index (χ1n) is 4.82. The number of anilines is 1. The third-order valence-electron chi connectivity index (χ3n) is 2.17. The zero-order valence-electron chi connectivity index (χ0n) is 8.86. The lowest BCUT2D eigenvalue weighted by atomic mass is 10.2. The standard InChI is InChI=1S/C11H15N3/c1-4-14(9(2)3)11-6-5-7-13-10(11)8-12/h5-7,9H,4H2,1-3H3. The van der Waals surface area contributed by atoms with E-state index >= 15 is 0 Å². The minimum atomic E-state index is 0.385. The van der Waals surface area contributed by atoms with Crippen molar-refractivity contribution in [2.75, 3.05) is 11.4 Å². The van der Waals surface area contributed by atoms with Crippen molar-refractivity contribution >= 4 is 5.69 Å². The molecular weight excluding hydrogens is 174 g/mol. The largest absolute Gasteiger partial charge is 0.367 e. The van der Waals surface area contributed by atoms with E-state index in [9.17, 15) is 0 Å². The number of nitriles is 1. The molecule has 0 unspecified atom stereocenters. The molecule has 0 saturated heterocycles. The second-order valence-electron chi connectivity index (χ2n) is 3.36. The molecule has 74 valence electrons. The number of nitrogens with zero attached hydrogens (tertiary/aromatic N) is 3. The Hall–Kier alpha value is -1.56. The molecule has 1 aromatic rings. The van der Waals surface area contributed by atoms with Gasteiger partial charge in [0.2, 0.25) is 0 Å². The first-order valence-corrected chi connectivity index (χ1v) is 4.82. The van der Waals surface area contributed by atoms with Crippen molar-refractivity contribution in [3.63, 3.8) is 0 Å². The maximum Gasteiger partial charge on any atom is 0.163 e. The highest BCUT2D eigenvalue weighted by molar-refractivity contribution is 5.56. The molecule has 14 heavy (non-hydrogen) atoms. The number of aromatic nitrogens is 1. The average Bonchev–Trinajstić information content (AvgIpc) is 2.19. The molecular formula is C11H15N3. The van der Waals surface area contributed by atoms with Gasteiger partial charge in [-0.2, -0.15) is 5.26 Å². The van der Waals surface area contributed by atoms with E-state index in [1.54, 1.807) is 6.20 Å². The highest BCUT2D eigenvalue weighted by Gasteiger charge is 2.12. The maximum absolute atomic E-state index is 8.91. The van der Waals surface area contributed by atoms with Crippen molar-refractivity contribution in [2.45, 2.75) is 26.8 Å². The summed E-state index contributed by atoms with van der Waals surface area (Å²) in [6.45, 7) is 7.18. The van der Waals surface area contributed by atoms with Gasteiger partial charge in [0, 0.05) is 18.8 Å². The van der Waals surface area contributed by atoms with Gasteiger partial charge in [-0.3, -0.25) is 0 Å². The van der Waals surface area contributed by atoms with Crippen molar-refractivity contribution in [3.05, 3.63) is 24.0 Å². The van der Waals surface area contributed by atoms with Crippen LogP contribution in [0.1, 0.15) is 26.5 Å². The summed E-state index contributed by atoms with van der Waals surface area (Å²) in [5, 5.41) is 8.91. The Morgan fingerprint density at radius 2 is 2.29 bits per heavy atom. The molecule has 1 aromatic heterocycles. The fourth-order valence-corrected chi connectivity index (χ4v) is 1.53. The molecule has 3 nitrogen and oxygen atoms in total. The van der Waals surface area contributed by atoms with Gasteiger partial charge in [0.1, 0.15) is 6.07 Å². The maximum atomic E-state index is 8.91. The van der Waals surface area contributed by atoms with Gasteiger partial charge in [0.05, 0.1) is 5.69 Å². The minimum absolute atomic E-state index is 0.385. The molecule has 1 rings (SSSR count). The molecule has 1 heterocycles. The molecule has 0 aliphatic heterocycles. The predicted octanol–water partition coefficient (Wildman–Crippen LogP) is 2.19. The zero-order valence-corrected chi connectivity index (χ0v) is 8.86. The van der Waals surface area contributed by atoms with Crippen molar-refractivity contribution in [1.29, 1.82) is 5.26 Å². The molecule has 0 aromatic carbocycles. The van der Waals surface area contributed by atoms with Gasteiger partial charge >= 0.3 is 0 Å². The van der Waals surface area contributed by atoms with Gasteiger partial charge in [0.15, 0.2) is 5.69 Å². The first kappa shape index (κ1) is 10.5. The molecule has 0 N–H and O–H groups in total. The predicted molar refractivity (Wildman–Crippen MR) is 57.1 cm³/mol. The van der Waals surface area contributed by atoms with E-state index in [-0.39, 0.29) is 0 Å². The number of pyridine rings is 1. The number of rotatable bonds is 3. The molecule has 0 radical (unpaired) electrons. The van der Waals surface area contributed by atoms with Gasteiger partial charge in [-0.15, -0.1) is 0 Å². The van der Waals surface area contributed by atoms with Gasteiger partial charge < -0.3 is 4.90 Å². The molecule has 0 bridgehead atoms. The lowest BCUT2D eigenvalue weighted by Crippen LogP contribution is -2.31. The Balaban J connectivity index is 3.10. The highest BCUT2D eigenvalue weighted by Crippen LogP contribution is 2.19. The first-order chi connectivity index (χ1) is 6.70. The molecule has 0 saturated carbocycles. The van der Waals surface area contributed by atoms with Crippen molar-refractivity contribution < 1.29 is 0 Å². The second-order valence-corrected chi connectivity index (χ2v) is 3.36. The Morgan fingerprint density at radius 3 is 2.79 bits per heavy atom. The molecule has 3 heteroatoms. The van der Waals surface area contributed by atoms with Crippen LogP contribution < -0.4 is 4.90 Å². The average molecular weight is 189 g/mol. The second kappa shape index (κ2) is 4.61. The van der Waals surface area contributed by atoms with E-state index in [2.05, 4.69) is 36.7 Å². The summed E-state index contributed by atoms with van der Waals surface area (Å²) in [5.74, 6) is 0. The van der Waals surface area contributed by atoms with Crippen LogP contribution in [0.15, 0.2) is 18.3 Å². The summed E-state index contributed by atoms with van der Waals surface area (Å²) < 4.78 is 0. The Labute approximate surface area is 85.0 Å². The molecule has 0 amide bonds. The summed E-state index contributed by atoms with van der Waals surface area (Å²) in [4.78, 5) is 6.20. The zero-order chi connectivity index (χ0) is 10.6. The van der Waals surface area contributed by atoms with Crippen LogP contribution in [0.4, 0.5) is 5.69 Å². The molecule has 0 fully saturated rings. The van der Waals surface area contributed by atoms with E-state index in [4.69, 9.17) is 5.26 Å². The Morgan fingerprint density at radius 1 is 1.57 bits per heavy atom. The van der Waals surface area contributed by atoms with Crippen LogP contribution in [0.5, 0.6) is 0 Å². The quantitative estimate of drug-likeness (QED) is 0.731. The van der Waals surface area contributed by atoms with Crippen LogP contribution in [0.2, 0.25) is 0 Å². The van der Waals surface area contributed by atoms with Crippen LogP contribution >= 0.6 is 0 Å². The highest BCUT2D eigenvalue weighted by atomic mass is 15.2. The smallest absolute Gasteiger partial charge is 0.163 e. The van der Waals surface area contributed by atoms with E-state index in [1.165, 1.54) is 0 Å². The normalized spacial score (nSPS) is 9.93. The molecule has 0 spiro atoms. The lowest BCUT2D eigenvalue weighted by Gasteiger charge is -2.27.